The molecular weight excluding hydrogens is 471 g/mol. The Bertz CT molecular complexity index is 1350. The molecule has 0 radical (unpaired) electrons. The van der Waals surface area contributed by atoms with E-state index < -0.39 is 5.67 Å². The van der Waals surface area contributed by atoms with Crippen molar-refractivity contribution in [2.75, 3.05) is 36.4 Å². The average molecular weight is 499 g/mol. The predicted molar refractivity (Wildman–Crippen MR) is 137 cm³/mol. The highest BCUT2D eigenvalue weighted by Gasteiger charge is 2.39. The largest absolute Gasteiger partial charge is 0.356 e. The van der Waals surface area contributed by atoms with Crippen LogP contribution in [0, 0.1) is 18.3 Å². The van der Waals surface area contributed by atoms with Crippen LogP contribution in [0.2, 0.25) is 0 Å². The van der Waals surface area contributed by atoms with Crippen molar-refractivity contribution in [2.24, 2.45) is 0 Å². The predicted octanol–water partition coefficient (Wildman–Crippen LogP) is 4.22. The zero-order valence-corrected chi connectivity index (χ0v) is 20.6. The Morgan fingerprint density at radius 3 is 2.35 bits per heavy atom. The van der Waals surface area contributed by atoms with Crippen LogP contribution in [-0.2, 0) is 5.67 Å². The van der Waals surface area contributed by atoms with Gasteiger partial charge in [0.15, 0.2) is 5.67 Å². The van der Waals surface area contributed by atoms with Gasteiger partial charge in [-0.1, -0.05) is 6.07 Å². The Morgan fingerprint density at radius 1 is 1.00 bits per heavy atom. The van der Waals surface area contributed by atoms with Gasteiger partial charge >= 0.3 is 0 Å². The lowest BCUT2D eigenvalue weighted by molar-refractivity contribution is 0.0402. The zero-order valence-electron chi connectivity index (χ0n) is 20.6. The van der Waals surface area contributed by atoms with Crippen LogP contribution >= 0.6 is 0 Å². The van der Waals surface area contributed by atoms with Gasteiger partial charge in [0.2, 0.25) is 0 Å². The first kappa shape index (κ1) is 24.4. The van der Waals surface area contributed by atoms with Crippen LogP contribution in [0.15, 0.2) is 54.9 Å². The van der Waals surface area contributed by atoms with Gasteiger partial charge in [-0.3, -0.25) is 14.6 Å². The highest BCUT2D eigenvalue weighted by molar-refractivity contribution is 6.05. The molecule has 2 aliphatic heterocycles. The van der Waals surface area contributed by atoms with Gasteiger partial charge in [0.25, 0.3) is 11.8 Å². The number of benzene rings is 1. The maximum absolute atomic E-state index is 15.6. The van der Waals surface area contributed by atoms with E-state index in [4.69, 9.17) is 5.26 Å². The molecule has 4 heterocycles. The second-order valence-corrected chi connectivity index (χ2v) is 9.53. The molecule has 0 unspecified atom stereocenters. The molecular formula is C28H27FN6O2. The summed E-state index contributed by atoms with van der Waals surface area (Å²) < 4.78 is 15.6. The molecule has 2 fully saturated rings. The third kappa shape index (κ3) is 5.00. The molecule has 3 aromatic rings. The number of carbonyl (C=O) groups excluding carboxylic acids is 2. The van der Waals surface area contributed by atoms with Gasteiger partial charge in [0.05, 0.1) is 16.8 Å². The Labute approximate surface area is 214 Å². The van der Waals surface area contributed by atoms with Gasteiger partial charge < -0.3 is 15.1 Å². The lowest BCUT2D eigenvalue weighted by Crippen LogP contribution is -2.43. The van der Waals surface area contributed by atoms with Crippen LogP contribution in [0.3, 0.4) is 0 Å². The van der Waals surface area contributed by atoms with Gasteiger partial charge in [-0.2, -0.15) is 5.26 Å². The smallest absolute Gasteiger partial charge is 0.257 e. The summed E-state index contributed by atoms with van der Waals surface area (Å²) in [5.74, 6) is 0.344. The van der Waals surface area contributed by atoms with Gasteiger partial charge in [-0.15, -0.1) is 0 Å². The quantitative estimate of drug-likeness (QED) is 0.565. The second-order valence-electron chi connectivity index (χ2n) is 9.53. The van der Waals surface area contributed by atoms with Crippen molar-refractivity contribution in [3.05, 3.63) is 82.8 Å². The van der Waals surface area contributed by atoms with Crippen LogP contribution < -0.4 is 10.2 Å². The first-order chi connectivity index (χ1) is 17.9. The van der Waals surface area contributed by atoms with E-state index in [9.17, 15) is 9.59 Å². The number of aromatic nitrogens is 2. The van der Waals surface area contributed by atoms with Crippen molar-refractivity contribution >= 4 is 23.3 Å². The standard InChI is InChI=1S/C28H27FN6O2/c1-19-3-5-21(15-23(19)33-26(36)22-6-8-25(32-18-22)34-11-2-12-34)27(37)35-13-9-28(29,10-14-35)24-7-4-20(16-30)17-31-24/h3-8,15,17-18H,2,9-14H2,1H3,(H,33,36). The number of hydrogen-bond acceptors (Lipinski definition) is 6. The van der Waals surface area contributed by atoms with E-state index in [-0.39, 0.29) is 43.4 Å². The van der Waals surface area contributed by atoms with Gasteiger partial charge in [-0.25, -0.2) is 9.37 Å². The first-order valence-electron chi connectivity index (χ1n) is 12.3. The molecule has 1 N–H and O–H groups in total. The molecule has 1 aromatic carbocycles. The molecule has 9 heteroatoms. The lowest BCUT2D eigenvalue weighted by atomic mass is 9.89. The Morgan fingerprint density at radius 2 is 1.76 bits per heavy atom. The van der Waals surface area contributed by atoms with Gasteiger partial charge in [0.1, 0.15) is 11.9 Å². The normalized spacial score (nSPS) is 16.5. The fourth-order valence-electron chi connectivity index (χ4n) is 4.56. The third-order valence-electron chi connectivity index (χ3n) is 7.12. The minimum Gasteiger partial charge on any atom is -0.356 e. The number of halogens is 1. The van der Waals surface area contributed by atoms with Crippen molar-refractivity contribution in [3.63, 3.8) is 0 Å². The fourth-order valence-corrected chi connectivity index (χ4v) is 4.56. The SMILES string of the molecule is Cc1ccc(C(=O)N2CCC(F)(c3ccc(C#N)cn3)CC2)cc1NC(=O)c1ccc(N2CCC2)nc1. The Kier molecular flexibility index (Phi) is 6.57. The Hall–Kier alpha value is -4.32. The second kappa shape index (κ2) is 9.97. The number of piperidine rings is 1. The molecule has 2 aliphatic rings. The number of nitriles is 1. The van der Waals surface area contributed by atoms with E-state index in [0.717, 1.165) is 30.9 Å². The summed E-state index contributed by atoms with van der Waals surface area (Å²) in [6, 6.07) is 13.8. The number of hydrogen-bond donors (Lipinski definition) is 1. The van der Waals surface area contributed by atoms with E-state index in [1.807, 2.05) is 19.1 Å². The van der Waals surface area contributed by atoms with Crippen LogP contribution in [0.4, 0.5) is 15.9 Å². The van der Waals surface area contributed by atoms with Gasteiger partial charge in [0, 0.05) is 62.7 Å². The number of nitrogens with zero attached hydrogens (tertiary/aromatic N) is 5. The van der Waals surface area contributed by atoms with Crippen molar-refractivity contribution in [2.45, 2.75) is 31.9 Å². The molecule has 0 bridgehead atoms. The van der Waals surface area contributed by atoms with Crippen LogP contribution in [-0.4, -0.2) is 52.9 Å². The minimum atomic E-state index is -1.64. The van der Waals surface area contributed by atoms with E-state index >= 15 is 4.39 Å². The molecule has 2 aromatic heterocycles. The highest BCUT2D eigenvalue weighted by Crippen LogP contribution is 2.36. The average Bonchev–Trinajstić information content (AvgIpc) is 2.89. The van der Waals surface area contributed by atoms with Crippen molar-refractivity contribution < 1.29 is 14.0 Å². The number of likely N-dealkylation sites (tertiary alicyclic amines) is 1. The number of carbonyl (C=O) groups is 2. The van der Waals surface area contributed by atoms with E-state index in [1.165, 1.54) is 6.20 Å². The molecule has 2 saturated heterocycles. The van der Waals surface area contributed by atoms with Crippen molar-refractivity contribution in [1.82, 2.24) is 14.9 Å². The maximum atomic E-state index is 15.6. The molecule has 0 aliphatic carbocycles. The lowest BCUT2D eigenvalue weighted by Gasteiger charge is -2.36. The van der Waals surface area contributed by atoms with Crippen molar-refractivity contribution in [1.29, 1.82) is 5.26 Å². The molecule has 37 heavy (non-hydrogen) atoms. The fraction of sp³-hybridized carbons (Fsp3) is 0.321. The van der Waals surface area contributed by atoms with Crippen LogP contribution in [0.5, 0.6) is 0 Å². The molecule has 5 rings (SSSR count). The van der Waals surface area contributed by atoms with Gasteiger partial charge in [-0.05, 0) is 55.3 Å². The number of anilines is 2. The summed E-state index contributed by atoms with van der Waals surface area (Å²) in [5, 5.41) is 11.8. The highest BCUT2D eigenvalue weighted by atomic mass is 19.1. The monoisotopic (exact) mass is 498 g/mol. The number of nitrogens with one attached hydrogen (secondary N) is 1. The van der Waals surface area contributed by atoms with E-state index in [1.54, 1.807) is 47.5 Å². The summed E-state index contributed by atoms with van der Waals surface area (Å²) in [7, 11) is 0. The number of rotatable bonds is 5. The first-order valence-corrected chi connectivity index (χ1v) is 12.3. The van der Waals surface area contributed by atoms with E-state index in [2.05, 4.69) is 20.2 Å². The number of pyridine rings is 2. The third-order valence-corrected chi connectivity index (χ3v) is 7.12. The molecule has 8 nitrogen and oxygen atoms in total. The molecule has 2 amide bonds. The van der Waals surface area contributed by atoms with Crippen LogP contribution in [0.1, 0.15) is 56.8 Å². The van der Waals surface area contributed by atoms with Crippen LogP contribution in [0.25, 0.3) is 0 Å². The summed E-state index contributed by atoms with van der Waals surface area (Å²) in [5.41, 5.74) is 1.25. The van der Waals surface area contributed by atoms with E-state index in [0.29, 0.717) is 22.4 Å². The topological polar surface area (TPSA) is 102 Å². The summed E-state index contributed by atoms with van der Waals surface area (Å²) in [4.78, 5) is 38.3. The summed E-state index contributed by atoms with van der Waals surface area (Å²) in [6.45, 7) is 4.30. The maximum Gasteiger partial charge on any atom is 0.257 e. The number of amides is 2. The molecule has 0 saturated carbocycles. The molecule has 0 atom stereocenters. The molecule has 188 valence electrons. The number of alkyl halides is 1. The Balaban J connectivity index is 1.24. The molecule has 0 spiro atoms. The summed E-state index contributed by atoms with van der Waals surface area (Å²) in [6.07, 6.45) is 4.32. The van der Waals surface area contributed by atoms with Crippen molar-refractivity contribution in [3.8, 4) is 6.07 Å². The summed E-state index contributed by atoms with van der Waals surface area (Å²) >= 11 is 0. The zero-order chi connectivity index (χ0) is 26.0. The minimum absolute atomic E-state index is 0.119. The number of aryl methyl sites for hydroxylation is 1.